The van der Waals surface area contributed by atoms with Gasteiger partial charge in [0.05, 0.1) is 5.69 Å². The fourth-order valence-electron chi connectivity index (χ4n) is 4.29. The van der Waals surface area contributed by atoms with Crippen molar-refractivity contribution in [1.82, 2.24) is 25.4 Å². The number of aliphatic hydroxyl groups excluding tert-OH is 1. The molecule has 4 N–H and O–H groups in total. The third-order valence-electron chi connectivity index (χ3n) is 6.37. The number of benzene rings is 3. The van der Waals surface area contributed by atoms with Gasteiger partial charge in [0.15, 0.2) is 17.3 Å². The zero-order valence-corrected chi connectivity index (χ0v) is 24.3. The van der Waals surface area contributed by atoms with Gasteiger partial charge < -0.3 is 20.5 Å². The van der Waals surface area contributed by atoms with Crippen molar-refractivity contribution < 1.29 is 23.0 Å². The molecule has 0 aliphatic carbocycles. The highest BCUT2D eigenvalue weighted by atomic mass is 32.1. The van der Waals surface area contributed by atoms with Crippen LogP contribution in [-0.4, -0.2) is 44.2 Å². The van der Waals surface area contributed by atoms with Crippen molar-refractivity contribution in [2.24, 2.45) is 0 Å². The molecule has 0 bridgehead atoms. The van der Waals surface area contributed by atoms with E-state index in [1.54, 1.807) is 0 Å². The molecule has 0 aliphatic heterocycles. The molecule has 1 atom stereocenters. The molecule has 4 aromatic rings. The zero-order chi connectivity index (χ0) is 30.3. The number of hydrogen-bond donors (Lipinski definition) is 4. The predicted octanol–water partition coefficient (Wildman–Crippen LogP) is 6.05. The van der Waals surface area contributed by atoms with E-state index in [0.29, 0.717) is 29.1 Å². The second kappa shape index (κ2) is 13.8. The van der Waals surface area contributed by atoms with Gasteiger partial charge >= 0.3 is 6.36 Å². The highest BCUT2D eigenvalue weighted by Crippen LogP contribution is 2.26. The number of anilines is 1. The van der Waals surface area contributed by atoms with Crippen LogP contribution in [0, 0.1) is 6.92 Å². The third-order valence-corrected chi connectivity index (χ3v) is 6.59. The largest absolute Gasteiger partial charge is 0.573 e. The number of thiocarbonyl (C=S) groups is 1. The third kappa shape index (κ3) is 9.00. The van der Waals surface area contributed by atoms with Gasteiger partial charge in [-0.1, -0.05) is 50.2 Å². The molecule has 0 spiro atoms. The quantitative estimate of drug-likeness (QED) is 0.0942. The monoisotopic (exact) mass is 598 g/mol. The average molecular weight is 599 g/mol. The Labute approximate surface area is 247 Å². The summed E-state index contributed by atoms with van der Waals surface area (Å²) in [6.45, 7) is 6.82. The summed E-state index contributed by atoms with van der Waals surface area (Å²) in [5.41, 5.74) is 5.66. The van der Waals surface area contributed by atoms with Gasteiger partial charge in [-0.15, -0.1) is 18.3 Å². The second-order valence-electron chi connectivity index (χ2n) is 10.1. The number of hydrogen-bond acceptors (Lipinski definition) is 6. The molecule has 1 unspecified atom stereocenters. The summed E-state index contributed by atoms with van der Waals surface area (Å²) in [5.74, 6) is 0.517. The molecule has 222 valence electrons. The van der Waals surface area contributed by atoms with E-state index in [4.69, 9.17) is 12.2 Å². The van der Waals surface area contributed by atoms with Gasteiger partial charge in [0.1, 0.15) is 12.1 Å². The fraction of sp³-hybridized carbons (Fsp3) is 0.300. The first-order chi connectivity index (χ1) is 20.0. The maximum atomic E-state index is 12.4. The molecule has 3 aromatic carbocycles. The van der Waals surface area contributed by atoms with Gasteiger partial charge in [0, 0.05) is 11.3 Å². The molecule has 12 heteroatoms. The first kappa shape index (κ1) is 30.9. The Morgan fingerprint density at radius 1 is 1.05 bits per heavy atom. The molecule has 0 fully saturated rings. The number of rotatable bonds is 11. The Hall–Kier alpha value is -4.00. The Morgan fingerprint density at radius 3 is 2.43 bits per heavy atom. The summed E-state index contributed by atoms with van der Waals surface area (Å²) in [7, 11) is 0. The SMILES string of the molecule is Cc1ccc(C(C)C)c(NC(=S)NC(O)NCCCc2ccc(-c3ncn(-c4ccc(OC(F)(F)F)cc4)n3)cc2)c1. The molecule has 1 aromatic heterocycles. The summed E-state index contributed by atoms with van der Waals surface area (Å²) in [5, 5.41) is 24.1. The van der Waals surface area contributed by atoms with Crippen molar-refractivity contribution in [2.45, 2.75) is 52.2 Å². The number of nitrogens with one attached hydrogen (secondary N) is 3. The topological polar surface area (TPSA) is 96.3 Å². The lowest BCUT2D eigenvalue weighted by atomic mass is 9.99. The van der Waals surface area contributed by atoms with E-state index in [2.05, 4.69) is 56.8 Å². The maximum Gasteiger partial charge on any atom is 0.573 e. The first-order valence-electron chi connectivity index (χ1n) is 13.4. The maximum absolute atomic E-state index is 12.4. The van der Waals surface area contributed by atoms with Gasteiger partial charge in [0.2, 0.25) is 0 Å². The van der Waals surface area contributed by atoms with Gasteiger partial charge in [-0.25, -0.2) is 9.67 Å². The van der Waals surface area contributed by atoms with Crippen molar-refractivity contribution >= 4 is 23.0 Å². The summed E-state index contributed by atoms with van der Waals surface area (Å²) in [4.78, 5) is 4.32. The van der Waals surface area contributed by atoms with E-state index < -0.39 is 12.7 Å². The van der Waals surface area contributed by atoms with Crippen LogP contribution in [0.15, 0.2) is 73.1 Å². The molecule has 4 rings (SSSR count). The van der Waals surface area contributed by atoms with E-state index in [1.165, 1.54) is 35.3 Å². The van der Waals surface area contributed by atoms with E-state index in [9.17, 15) is 18.3 Å². The average Bonchev–Trinajstić information content (AvgIpc) is 3.41. The number of aryl methyl sites for hydroxylation is 2. The van der Waals surface area contributed by atoms with E-state index in [-0.39, 0.29) is 5.75 Å². The minimum absolute atomic E-state index is 0.304. The Kier molecular flexibility index (Phi) is 10.2. The lowest BCUT2D eigenvalue weighted by Crippen LogP contribution is -2.47. The Morgan fingerprint density at radius 2 is 1.76 bits per heavy atom. The van der Waals surface area contributed by atoms with Crippen LogP contribution in [0.4, 0.5) is 18.9 Å². The minimum atomic E-state index is -4.74. The highest BCUT2D eigenvalue weighted by molar-refractivity contribution is 7.80. The molecular formula is C30H33F3N6O2S. The fourth-order valence-corrected chi connectivity index (χ4v) is 4.51. The van der Waals surface area contributed by atoms with Crippen LogP contribution in [0.1, 0.15) is 42.9 Å². The van der Waals surface area contributed by atoms with Crippen LogP contribution in [0.5, 0.6) is 5.75 Å². The molecule has 0 amide bonds. The molecule has 0 aliphatic rings. The Bertz CT molecular complexity index is 1470. The second-order valence-corrected chi connectivity index (χ2v) is 10.5. The summed E-state index contributed by atoms with van der Waals surface area (Å²) in [6, 6.07) is 19.4. The van der Waals surface area contributed by atoms with Crippen LogP contribution in [0.25, 0.3) is 17.1 Å². The number of aromatic nitrogens is 3. The van der Waals surface area contributed by atoms with Crippen molar-refractivity contribution in [3.8, 4) is 22.8 Å². The number of halogens is 3. The van der Waals surface area contributed by atoms with E-state index in [0.717, 1.165) is 40.8 Å². The van der Waals surface area contributed by atoms with E-state index in [1.807, 2.05) is 37.3 Å². The zero-order valence-electron chi connectivity index (χ0n) is 23.4. The molecule has 0 saturated carbocycles. The van der Waals surface area contributed by atoms with Crippen molar-refractivity contribution in [3.63, 3.8) is 0 Å². The van der Waals surface area contributed by atoms with Crippen molar-refractivity contribution in [2.75, 3.05) is 11.9 Å². The standard InChI is InChI=1S/C30H33F3N6O2S/c1-19(2)25-15-6-20(3)17-26(25)36-29(42)37-28(40)34-16-4-5-21-7-9-22(10-8-21)27-35-18-39(38-27)23-11-13-24(14-12-23)41-30(31,32)33/h6-15,17-19,28,34,40H,4-5,16H2,1-3H3,(H2,36,37,42). The molecule has 42 heavy (non-hydrogen) atoms. The van der Waals surface area contributed by atoms with Crippen LogP contribution >= 0.6 is 12.2 Å². The van der Waals surface area contributed by atoms with Crippen LogP contribution in [0.2, 0.25) is 0 Å². The van der Waals surface area contributed by atoms with Gasteiger partial charge in [-0.05, 0) is 91.5 Å². The lowest BCUT2D eigenvalue weighted by Gasteiger charge is -2.20. The molecule has 1 heterocycles. The predicted molar refractivity (Wildman–Crippen MR) is 160 cm³/mol. The van der Waals surface area contributed by atoms with Crippen molar-refractivity contribution in [3.05, 3.63) is 89.7 Å². The molecule has 0 radical (unpaired) electrons. The molecular weight excluding hydrogens is 565 g/mol. The number of ether oxygens (including phenoxy) is 1. The minimum Gasteiger partial charge on any atom is -0.406 e. The van der Waals surface area contributed by atoms with E-state index >= 15 is 0 Å². The smallest absolute Gasteiger partial charge is 0.406 e. The Balaban J connectivity index is 1.21. The van der Waals surface area contributed by atoms with Crippen LogP contribution < -0.4 is 20.7 Å². The van der Waals surface area contributed by atoms with Gasteiger partial charge in [-0.3, -0.25) is 5.32 Å². The number of alkyl halides is 3. The van der Waals surface area contributed by atoms with Crippen LogP contribution in [0.3, 0.4) is 0 Å². The number of aliphatic hydroxyl groups is 1. The van der Waals surface area contributed by atoms with Gasteiger partial charge in [0.25, 0.3) is 0 Å². The highest BCUT2D eigenvalue weighted by Gasteiger charge is 2.31. The summed E-state index contributed by atoms with van der Waals surface area (Å²) >= 11 is 5.38. The van der Waals surface area contributed by atoms with Crippen molar-refractivity contribution in [1.29, 1.82) is 0 Å². The molecule has 8 nitrogen and oxygen atoms in total. The van der Waals surface area contributed by atoms with Gasteiger partial charge in [-0.2, -0.15) is 0 Å². The van der Waals surface area contributed by atoms with Crippen LogP contribution in [-0.2, 0) is 6.42 Å². The normalized spacial score (nSPS) is 12.3. The number of nitrogens with zero attached hydrogens (tertiary/aromatic N) is 3. The lowest BCUT2D eigenvalue weighted by molar-refractivity contribution is -0.274. The summed E-state index contributed by atoms with van der Waals surface area (Å²) in [6.07, 6.45) is -2.66. The molecule has 0 saturated heterocycles. The first-order valence-corrected chi connectivity index (χ1v) is 13.8. The summed E-state index contributed by atoms with van der Waals surface area (Å²) < 4.78 is 42.5.